The van der Waals surface area contributed by atoms with E-state index in [0.717, 1.165) is 12.8 Å². The fraction of sp³-hybridized carbons (Fsp3) is 0.583. The van der Waals surface area contributed by atoms with Crippen LogP contribution in [-0.4, -0.2) is 23.3 Å². The molecule has 0 radical (unpaired) electrons. The number of hydrogen-bond donors (Lipinski definition) is 0. The van der Waals surface area contributed by atoms with Gasteiger partial charge in [-0.05, 0) is 19.9 Å². The molecular weight excluding hydrogens is 245 g/mol. The Bertz CT molecular complexity index is 392. The molecule has 94 valence electrons. The van der Waals surface area contributed by atoms with Crippen molar-refractivity contribution in [3.8, 4) is 5.88 Å². The molecule has 0 bridgehead atoms. The second kappa shape index (κ2) is 5.19. The Balaban J connectivity index is 2.04. The molecule has 0 aromatic carbocycles. The quantitative estimate of drug-likeness (QED) is 0.817. The van der Waals surface area contributed by atoms with Gasteiger partial charge >= 0.3 is 0 Å². The molecule has 0 spiro atoms. The van der Waals surface area contributed by atoms with Crippen LogP contribution >= 0.6 is 11.6 Å². The lowest BCUT2D eigenvalue weighted by Crippen LogP contribution is -2.36. The molecule has 1 aromatic rings. The minimum absolute atomic E-state index is 0.0145. The van der Waals surface area contributed by atoms with Crippen LogP contribution in [0, 0.1) is 5.82 Å². The molecule has 2 unspecified atom stereocenters. The van der Waals surface area contributed by atoms with Gasteiger partial charge in [0, 0.05) is 19.0 Å². The first-order valence-corrected chi connectivity index (χ1v) is 6.05. The van der Waals surface area contributed by atoms with Crippen molar-refractivity contribution in [3.05, 3.63) is 23.1 Å². The van der Waals surface area contributed by atoms with Gasteiger partial charge in [0.1, 0.15) is 6.10 Å². The highest BCUT2D eigenvalue weighted by Gasteiger charge is 2.26. The third-order valence-electron chi connectivity index (χ3n) is 2.71. The van der Waals surface area contributed by atoms with Gasteiger partial charge in [0.2, 0.25) is 0 Å². The number of rotatable bonds is 2. The molecule has 2 rings (SSSR count). The van der Waals surface area contributed by atoms with Crippen molar-refractivity contribution >= 4 is 11.6 Å². The van der Waals surface area contributed by atoms with Crippen LogP contribution in [0.25, 0.3) is 0 Å². The third kappa shape index (κ3) is 3.30. The molecule has 3 nitrogen and oxygen atoms in total. The Morgan fingerprint density at radius 2 is 2.06 bits per heavy atom. The largest absolute Gasteiger partial charge is 0.472 e. The summed E-state index contributed by atoms with van der Waals surface area (Å²) in [5, 5.41) is 0.267. The zero-order chi connectivity index (χ0) is 12.4. The van der Waals surface area contributed by atoms with Crippen LogP contribution in [0.3, 0.4) is 0 Å². The smallest absolute Gasteiger partial charge is 0.250 e. The summed E-state index contributed by atoms with van der Waals surface area (Å²) < 4.78 is 24.6. The average Bonchev–Trinajstić information content (AvgIpc) is 2.21. The zero-order valence-electron chi connectivity index (χ0n) is 9.82. The van der Waals surface area contributed by atoms with Gasteiger partial charge in [-0.3, -0.25) is 0 Å². The number of pyridine rings is 1. The average molecular weight is 260 g/mol. The molecule has 1 saturated heterocycles. The summed E-state index contributed by atoms with van der Waals surface area (Å²) in [5.74, 6) is -0.509. The number of aromatic nitrogens is 1. The van der Waals surface area contributed by atoms with Crippen LogP contribution in [0.5, 0.6) is 5.88 Å². The molecule has 0 saturated carbocycles. The van der Waals surface area contributed by atoms with Crippen LogP contribution < -0.4 is 4.74 Å². The Hall–Kier alpha value is -0.870. The molecule has 5 heteroatoms. The lowest BCUT2D eigenvalue weighted by Gasteiger charge is -2.31. The van der Waals surface area contributed by atoms with Crippen molar-refractivity contribution in [3.63, 3.8) is 0 Å². The summed E-state index contributed by atoms with van der Waals surface area (Å²) >= 11 is 5.63. The van der Waals surface area contributed by atoms with E-state index < -0.39 is 5.82 Å². The van der Waals surface area contributed by atoms with Gasteiger partial charge in [-0.2, -0.15) is 0 Å². The first-order valence-electron chi connectivity index (χ1n) is 5.67. The fourth-order valence-electron chi connectivity index (χ4n) is 2.09. The van der Waals surface area contributed by atoms with Crippen LogP contribution in [0.2, 0.25) is 5.02 Å². The van der Waals surface area contributed by atoms with Crippen LogP contribution in [0.15, 0.2) is 12.3 Å². The molecule has 1 aliphatic rings. The van der Waals surface area contributed by atoms with E-state index in [1.165, 1.54) is 12.3 Å². The summed E-state index contributed by atoms with van der Waals surface area (Å²) in [6, 6.07) is 1.20. The molecule has 1 aromatic heterocycles. The zero-order valence-corrected chi connectivity index (χ0v) is 10.6. The van der Waals surface area contributed by atoms with E-state index >= 15 is 0 Å². The van der Waals surface area contributed by atoms with Gasteiger partial charge in [0.05, 0.1) is 17.2 Å². The monoisotopic (exact) mass is 259 g/mol. The normalized spacial score (nSPS) is 29.1. The van der Waals surface area contributed by atoms with Gasteiger partial charge in [-0.15, -0.1) is 0 Å². The lowest BCUT2D eigenvalue weighted by molar-refractivity contribution is -0.0736. The van der Waals surface area contributed by atoms with Gasteiger partial charge in [0.15, 0.2) is 5.82 Å². The maximum atomic E-state index is 13.5. The number of ether oxygens (including phenoxy) is 2. The van der Waals surface area contributed by atoms with Gasteiger partial charge < -0.3 is 9.47 Å². The van der Waals surface area contributed by atoms with E-state index in [0.29, 0.717) is 0 Å². The molecular formula is C12H15ClFNO2. The summed E-state index contributed by atoms with van der Waals surface area (Å²) in [4.78, 5) is 3.85. The predicted molar refractivity (Wildman–Crippen MR) is 62.9 cm³/mol. The first-order chi connectivity index (χ1) is 8.04. The highest BCUT2D eigenvalue weighted by atomic mass is 35.5. The van der Waals surface area contributed by atoms with Crippen LogP contribution in [0.4, 0.5) is 4.39 Å². The topological polar surface area (TPSA) is 31.4 Å². The second-order valence-electron chi connectivity index (χ2n) is 4.41. The minimum atomic E-state index is -0.524. The van der Waals surface area contributed by atoms with E-state index in [2.05, 4.69) is 4.98 Å². The van der Waals surface area contributed by atoms with E-state index in [1.54, 1.807) is 0 Å². The molecule has 0 amide bonds. The van der Waals surface area contributed by atoms with Gasteiger partial charge in [0.25, 0.3) is 5.88 Å². The lowest BCUT2D eigenvalue weighted by atomic mass is 10.0. The Labute approximate surface area is 105 Å². The Morgan fingerprint density at radius 1 is 1.41 bits per heavy atom. The highest BCUT2D eigenvalue weighted by Crippen LogP contribution is 2.25. The Morgan fingerprint density at radius 3 is 2.65 bits per heavy atom. The summed E-state index contributed by atoms with van der Waals surface area (Å²) in [5.41, 5.74) is 0. The minimum Gasteiger partial charge on any atom is -0.472 e. The van der Waals surface area contributed by atoms with Crippen molar-refractivity contribution in [2.45, 2.75) is 45.0 Å². The predicted octanol–water partition coefficient (Wildman–Crippen LogP) is 3.21. The standard InChI is InChI=1S/C12H15ClFNO2/c1-7-3-10(4-8(2)16-7)17-12-11(14)5-9(13)6-15-12/h5-8,10H,3-4H2,1-2H3. The molecule has 0 aliphatic carbocycles. The summed E-state index contributed by atoms with van der Waals surface area (Å²) in [6.45, 7) is 3.97. The summed E-state index contributed by atoms with van der Waals surface area (Å²) in [6.07, 6.45) is 3.06. The van der Waals surface area contributed by atoms with E-state index in [4.69, 9.17) is 21.1 Å². The summed E-state index contributed by atoms with van der Waals surface area (Å²) in [7, 11) is 0. The van der Waals surface area contributed by atoms with Gasteiger partial charge in [-0.1, -0.05) is 11.6 Å². The van der Waals surface area contributed by atoms with Crippen LogP contribution in [-0.2, 0) is 4.74 Å². The fourth-order valence-corrected chi connectivity index (χ4v) is 2.23. The Kier molecular flexibility index (Phi) is 3.84. The van der Waals surface area contributed by atoms with Crippen molar-refractivity contribution in [2.75, 3.05) is 0 Å². The van der Waals surface area contributed by atoms with Crippen LogP contribution in [0.1, 0.15) is 26.7 Å². The van der Waals surface area contributed by atoms with Crippen molar-refractivity contribution in [1.29, 1.82) is 0 Å². The third-order valence-corrected chi connectivity index (χ3v) is 2.91. The van der Waals surface area contributed by atoms with Gasteiger partial charge in [-0.25, -0.2) is 9.37 Å². The molecule has 2 heterocycles. The molecule has 1 fully saturated rings. The maximum Gasteiger partial charge on any atom is 0.250 e. The van der Waals surface area contributed by atoms with E-state index in [-0.39, 0.29) is 29.2 Å². The molecule has 2 atom stereocenters. The first kappa shape index (κ1) is 12.6. The maximum absolute atomic E-state index is 13.5. The van der Waals surface area contributed by atoms with Crippen molar-refractivity contribution < 1.29 is 13.9 Å². The van der Waals surface area contributed by atoms with E-state index in [1.807, 2.05) is 13.8 Å². The number of nitrogens with zero attached hydrogens (tertiary/aromatic N) is 1. The number of hydrogen-bond acceptors (Lipinski definition) is 3. The molecule has 17 heavy (non-hydrogen) atoms. The highest BCUT2D eigenvalue weighted by molar-refractivity contribution is 6.30. The SMILES string of the molecule is CC1CC(Oc2ncc(Cl)cc2F)CC(C)O1. The van der Waals surface area contributed by atoms with E-state index in [9.17, 15) is 4.39 Å². The number of halogens is 2. The second-order valence-corrected chi connectivity index (χ2v) is 4.85. The van der Waals surface area contributed by atoms with Crippen molar-refractivity contribution in [2.24, 2.45) is 0 Å². The molecule has 0 N–H and O–H groups in total. The van der Waals surface area contributed by atoms with Crippen molar-refractivity contribution in [1.82, 2.24) is 4.98 Å². The molecule has 1 aliphatic heterocycles.